The molecule has 0 unspecified atom stereocenters. The Balaban J connectivity index is 2.28. The Labute approximate surface area is 153 Å². The molecule has 1 aromatic carbocycles. The van der Waals surface area contributed by atoms with Gasteiger partial charge in [-0.05, 0) is 73.8 Å². The van der Waals surface area contributed by atoms with Crippen molar-refractivity contribution < 1.29 is 15.0 Å². The second-order valence-corrected chi connectivity index (χ2v) is 7.28. The molecule has 0 atom stereocenters. The van der Waals surface area contributed by atoms with E-state index in [9.17, 15) is 15.0 Å². The molecule has 0 aliphatic heterocycles. The molecular weight excluding hydrogens is 450 g/mol. The zero-order chi connectivity index (χ0) is 17.0. The maximum atomic E-state index is 11.4. The second-order valence-electron chi connectivity index (χ2n) is 4.56. The van der Waals surface area contributed by atoms with E-state index in [1.165, 1.54) is 6.08 Å². The summed E-state index contributed by atoms with van der Waals surface area (Å²) in [5, 5.41) is 26.2. The summed E-state index contributed by atoms with van der Waals surface area (Å²) in [7, 11) is 0. The first-order chi connectivity index (χ1) is 10.9. The molecule has 2 rings (SSSR count). The standard InChI is InChI=1S/C14H13Br2N3O3S/c1-2-3-11-17-14(19-18-11)23-10(13(21)22)6-7-4-8(15)12(20)9(16)5-7/h4-6,20H,2-3H2,1H3,(H,21,22)(H,17,18,19)/b10-6-. The lowest BCUT2D eigenvalue weighted by molar-refractivity contribution is -0.131. The second kappa shape index (κ2) is 7.98. The number of carboxylic acid groups (broad SMARTS) is 1. The molecule has 0 spiro atoms. The first-order valence-electron chi connectivity index (χ1n) is 6.62. The van der Waals surface area contributed by atoms with Crippen LogP contribution < -0.4 is 0 Å². The Hall–Kier alpha value is -1.32. The summed E-state index contributed by atoms with van der Waals surface area (Å²) in [6.07, 6.45) is 3.19. The lowest BCUT2D eigenvalue weighted by atomic mass is 10.2. The van der Waals surface area contributed by atoms with Gasteiger partial charge in [-0.3, -0.25) is 5.10 Å². The number of aliphatic carboxylic acids is 1. The predicted octanol–water partition coefficient (Wildman–Crippen LogP) is 4.21. The number of nitrogens with one attached hydrogen (secondary N) is 1. The van der Waals surface area contributed by atoms with Crippen LogP contribution in [0.5, 0.6) is 5.75 Å². The maximum absolute atomic E-state index is 11.4. The Bertz CT molecular complexity index is 738. The number of hydrogen-bond acceptors (Lipinski definition) is 5. The number of aromatic amines is 1. The highest BCUT2D eigenvalue weighted by Crippen LogP contribution is 2.35. The highest BCUT2D eigenvalue weighted by atomic mass is 79.9. The number of aromatic hydroxyl groups is 1. The van der Waals surface area contributed by atoms with Gasteiger partial charge in [0.25, 0.3) is 0 Å². The van der Waals surface area contributed by atoms with Crippen LogP contribution in [-0.4, -0.2) is 31.4 Å². The normalized spacial score (nSPS) is 11.7. The molecule has 1 aromatic heterocycles. The van der Waals surface area contributed by atoms with Crippen LogP contribution in [0.1, 0.15) is 24.7 Å². The fourth-order valence-electron chi connectivity index (χ4n) is 1.73. The van der Waals surface area contributed by atoms with Crippen LogP contribution in [0.2, 0.25) is 0 Å². The highest BCUT2D eigenvalue weighted by Gasteiger charge is 2.14. The smallest absolute Gasteiger partial charge is 0.342 e. The first kappa shape index (κ1) is 18.0. The third kappa shape index (κ3) is 4.82. The molecule has 2 aromatic rings. The largest absolute Gasteiger partial charge is 0.506 e. The number of aryl methyl sites for hydroxylation is 1. The number of aromatic nitrogens is 3. The summed E-state index contributed by atoms with van der Waals surface area (Å²) in [6.45, 7) is 2.03. The van der Waals surface area contributed by atoms with E-state index in [1.807, 2.05) is 6.92 Å². The summed E-state index contributed by atoms with van der Waals surface area (Å²) < 4.78 is 0.937. The van der Waals surface area contributed by atoms with Crippen molar-refractivity contribution in [3.05, 3.63) is 37.4 Å². The lowest BCUT2D eigenvalue weighted by Crippen LogP contribution is -1.97. The van der Waals surface area contributed by atoms with Gasteiger partial charge in [-0.25, -0.2) is 9.78 Å². The number of thioether (sulfide) groups is 1. The molecule has 0 saturated carbocycles. The van der Waals surface area contributed by atoms with Crippen molar-refractivity contribution in [3.63, 3.8) is 0 Å². The first-order valence-corrected chi connectivity index (χ1v) is 9.03. The van der Waals surface area contributed by atoms with Crippen LogP contribution >= 0.6 is 43.6 Å². The average molecular weight is 463 g/mol. The Morgan fingerprint density at radius 3 is 2.61 bits per heavy atom. The van der Waals surface area contributed by atoms with Gasteiger partial charge < -0.3 is 10.2 Å². The lowest BCUT2D eigenvalue weighted by Gasteiger charge is -2.04. The van der Waals surface area contributed by atoms with Gasteiger partial charge in [-0.1, -0.05) is 6.92 Å². The molecule has 0 fully saturated rings. The molecular formula is C14H13Br2N3O3S. The number of carboxylic acids is 1. The van der Waals surface area contributed by atoms with Crippen LogP contribution in [0.4, 0.5) is 0 Å². The Morgan fingerprint density at radius 1 is 1.39 bits per heavy atom. The van der Waals surface area contributed by atoms with E-state index in [0.29, 0.717) is 19.7 Å². The molecule has 0 aliphatic carbocycles. The highest BCUT2D eigenvalue weighted by molar-refractivity contribution is 9.11. The van der Waals surface area contributed by atoms with E-state index < -0.39 is 5.97 Å². The number of rotatable bonds is 6. The van der Waals surface area contributed by atoms with Crippen molar-refractivity contribution in [2.75, 3.05) is 0 Å². The minimum Gasteiger partial charge on any atom is -0.506 e. The maximum Gasteiger partial charge on any atom is 0.342 e. The van der Waals surface area contributed by atoms with Crippen LogP contribution in [0.3, 0.4) is 0 Å². The van der Waals surface area contributed by atoms with Gasteiger partial charge in [0.1, 0.15) is 16.5 Å². The monoisotopic (exact) mass is 461 g/mol. The quantitative estimate of drug-likeness (QED) is 0.439. The summed E-state index contributed by atoms with van der Waals surface area (Å²) in [5.74, 6) is -0.281. The zero-order valence-corrected chi connectivity index (χ0v) is 16.0. The van der Waals surface area contributed by atoms with Gasteiger partial charge in [-0.15, -0.1) is 5.10 Å². The van der Waals surface area contributed by atoms with Gasteiger partial charge in [0.2, 0.25) is 5.16 Å². The molecule has 6 nitrogen and oxygen atoms in total. The van der Waals surface area contributed by atoms with E-state index in [-0.39, 0.29) is 10.7 Å². The summed E-state index contributed by atoms with van der Waals surface area (Å²) >= 11 is 7.41. The molecule has 0 radical (unpaired) electrons. The van der Waals surface area contributed by atoms with Crippen molar-refractivity contribution in [1.29, 1.82) is 0 Å². The third-order valence-corrected chi connectivity index (χ3v) is 4.83. The molecule has 122 valence electrons. The molecule has 0 aliphatic rings. The third-order valence-electron chi connectivity index (χ3n) is 2.75. The number of phenols is 1. The van der Waals surface area contributed by atoms with Crippen molar-refractivity contribution in [2.45, 2.75) is 24.9 Å². The fourth-order valence-corrected chi connectivity index (χ4v) is 3.67. The minimum absolute atomic E-state index is 0.0600. The summed E-state index contributed by atoms with van der Waals surface area (Å²) in [4.78, 5) is 15.8. The zero-order valence-electron chi connectivity index (χ0n) is 12.0. The van der Waals surface area contributed by atoms with Gasteiger partial charge in [0.15, 0.2) is 0 Å². The molecule has 0 saturated heterocycles. The molecule has 0 amide bonds. The van der Waals surface area contributed by atoms with Gasteiger partial charge in [0.05, 0.1) is 8.95 Å². The molecule has 0 bridgehead atoms. The molecule has 9 heteroatoms. The fraction of sp³-hybridized carbons (Fsp3) is 0.214. The Kier molecular flexibility index (Phi) is 6.25. The number of hydrogen-bond donors (Lipinski definition) is 3. The number of H-pyrrole nitrogens is 1. The molecule has 3 N–H and O–H groups in total. The van der Waals surface area contributed by atoms with Crippen LogP contribution in [0, 0.1) is 0 Å². The van der Waals surface area contributed by atoms with Gasteiger partial charge >= 0.3 is 5.97 Å². The minimum atomic E-state index is -1.07. The number of phenolic OH excluding ortho intramolecular Hbond substituents is 1. The summed E-state index contributed by atoms with van der Waals surface area (Å²) in [6, 6.07) is 3.26. The van der Waals surface area contributed by atoms with E-state index in [1.54, 1.807) is 12.1 Å². The van der Waals surface area contributed by atoms with E-state index in [2.05, 4.69) is 47.0 Å². The Morgan fingerprint density at radius 2 is 2.04 bits per heavy atom. The molecule has 1 heterocycles. The van der Waals surface area contributed by atoms with Crippen LogP contribution in [0.15, 0.2) is 31.1 Å². The predicted molar refractivity (Wildman–Crippen MR) is 95.4 cm³/mol. The van der Waals surface area contributed by atoms with Crippen molar-refractivity contribution in [2.24, 2.45) is 0 Å². The number of nitrogens with zero attached hydrogens (tertiary/aromatic N) is 2. The van der Waals surface area contributed by atoms with E-state index >= 15 is 0 Å². The number of benzene rings is 1. The van der Waals surface area contributed by atoms with Crippen molar-refractivity contribution in [3.8, 4) is 5.75 Å². The van der Waals surface area contributed by atoms with Crippen molar-refractivity contribution in [1.82, 2.24) is 15.2 Å². The summed E-state index contributed by atoms with van der Waals surface area (Å²) in [5.41, 5.74) is 0.621. The SMILES string of the molecule is CCCc1nc(S/C(=C\c2cc(Br)c(O)c(Br)c2)C(=O)O)n[nH]1. The van der Waals surface area contributed by atoms with Crippen molar-refractivity contribution >= 4 is 55.7 Å². The van der Waals surface area contributed by atoms with Gasteiger partial charge in [0, 0.05) is 6.42 Å². The number of carbonyl (C=O) groups is 1. The van der Waals surface area contributed by atoms with E-state index in [0.717, 1.165) is 30.4 Å². The topological polar surface area (TPSA) is 99.1 Å². The number of halogens is 2. The van der Waals surface area contributed by atoms with Gasteiger partial charge in [-0.2, -0.15) is 0 Å². The van der Waals surface area contributed by atoms with E-state index in [4.69, 9.17) is 0 Å². The van der Waals surface area contributed by atoms with Crippen LogP contribution in [0.25, 0.3) is 6.08 Å². The average Bonchev–Trinajstić information content (AvgIpc) is 2.91. The van der Waals surface area contributed by atoms with Crippen LogP contribution in [-0.2, 0) is 11.2 Å². The molecule has 23 heavy (non-hydrogen) atoms.